The van der Waals surface area contributed by atoms with Gasteiger partial charge in [0.15, 0.2) is 0 Å². The monoisotopic (exact) mass is 669 g/mol. The van der Waals surface area contributed by atoms with Crippen molar-refractivity contribution in [3.63, 3.8) is 0 Å². The van der Waals surface area contributed by atoms with Crippen molar-refractivity contribution in [3.8, 4) is 28.8 Å². The van der Waals surface area contributed by atoms with Crippen molar-refractivity contribution in [3.05, 3.63) is 48.7 Å². The van der Waals surface area contributed by atoms with Crippen LogP contribution < -0.4 is 14.8 Å². The van der Waals surface area contributed by atoms with E-state index < -0.39 is 0 Å². The van der Waals surface area contributed by atoms with Crippen molar-refractivity contribution in [2.75, 3.05) is 38.9 Å². The molecular weight excluding hydrogens is 626 g/mol. The van der Waals surface area contributed by atoms with Gasteiger partial charge in [-0.25, -0.2) is 14.6 Å². The zero-order valence-corrected chi connectivity index (χ0v) is 28.0. The van der Waals surface area contributed by atoms with Crippen LogP contribution >= 0.6 is 0 Å². The van der Waals surface area contributed by atoms with Crippen LogP contribution in [0.5, 0.6) is 11.6 Å². The molecule has 3 atom stereocenters. The minimum absolute atomic E-state index is 0.268. The van der Waals surface area contributed by atoms with Gasteiger partial charge in [0, 0.05) is 56.2 Å². The number of nitrogens with zero attached hydrogens (tertiary/aromatic N) is 10. The minimum atomic E-state index is -0.268. The summed E-state index contributed by atoms with van der Waals surface area (Å²) in [5, 5.41) is 29.1. The van der Waals surface area contributed by atoms with Gasteiger partial charge < -0.3 is 24.3 Å². The molecule has 2 bridgehead atoms. The van der Waals surface area contributed by atoms with Crippen LogP contribution in [0, 0.1) is 11.3 Å². The molecule has 1 N–H and O–H groups in total. The maximum Gasteiger partial charge on any atom is 0.256 e. The maximum absolute atomic E-state index is 9.67. The molecule has 15 heteroatoms. The summed E-state index contributed by atoms with van der Waals surface area (Å²) in [6, 6.07) is 9.73. The van der Waals surface area contributed by atoms with Gasteiger partial charge in [0.05, 0.1) is 44.2 Å². The SMILES string of the molecule is COCCCOc1nn(C2CCC(N3[C@@H]4CC[C@H]3COC4)CC2)cc1Nc1ncc(-c2ccc(C#N)c(O[C@@H](C)Cn3cnnn3)c2)cn1. The predicted octanol–water partition coefficient (Wildman–Crippen LogP) is 4.17. The highest BCUT2D eigenvalue weighted by Crippen LogP contribution is 2.39. The van der Waals surface area contributed by atoms with Crippen LogP contribution in [-0.4, -0.2) is 103 Å². The fraction of sp³-hybridized carbons (Fsp3) is 0.559. The second-order valence-corrected chi connectivity index (χ2v) is 13.1. The van der Waals surface area contributed by atoms with E-state index in [-0.39, 0.29) is 6.10 Å². The van der Waals surface area contributed by atoms with Crippen LogP contribution in [0.2, 0.25) is 0 Å². The Morgan fingerprint density at radius 1 is 1.00 bits per heavy atom. The van der Waals surface area contributed by atoms with Gasteiger partial charge in [-0.15, -0.1) is 10.2 Å². The normalized spacial score (nSPS) is 22.8. The molecule has 1 aromatic carbocycles. The molecule has 4 aromatic rings. The van der Waals surface area contributed by atoms with E-state index in [1.807, 2.05) is 25.3 Å². The van der Waals surface area contributed by atoms with Gasteiger partial charge in [-0.1, -0.05) is 6.07 Å². The molecule has 5 heterocycles. The van der Waals surface area contributed by atoms with E-state index in [1.165, 1.54) is 19.2 Å². The van der Waals surface area contributed by atoms with E-state index in [1.54, 1.807) is 30.3 Å². The van der Waals surface area contributed by atoms with E-state index in [4.69, 9.17) is 24.0 Å². The Morgan fingerprint density at radius 3 is 2.47 bits per heavy atom. The van der Waals surface area contributed by atoms with E-state index in [9.17, 15) is 5.26 Å². The topological polar surface area (TPSA) is 163 Å². The fourth-order valence-electron chi connectivity index (χ4n) is 7.34. The lowest BCUT2D eigenvalue weighted by Crippen LogP contribution is -2.52. The Hall–Kier alpha value is -4.65. The van der Waals surface area contributed by atoms with Gasteiger partial charge >= 0.3 is 0 Å². The lowest BCUT2D eigenvalue weighted by Gasteiger charge is -2.43. The summed E-state index contributed by atoms with van der Waals surface area (Å²) in [7, 11) is 1.69. The average molecular weight is 670 g/mol. The number of benzene rings is 1. The van der Waals surface area contributed by atoms with E-state index in [0.29, 0.717) is 67.1 Å². The third-order valence-electron chi connectivity index (χ3n) is 9.69. The van der Waals surface area contributed by atoms with Gasteiger partial charge in [-0.05, 0) is 73.6 Å². The van der Waals surface area contributed by atoms with E-state index in [0.717, 1.165) is 62.1 Å². The molecule has 0 spiro atoms. The van der Waals surface area contributed by atoms with Crippen molar-refractivity contribution in [1.29, 1.82) is 5.26 Å². The largest absolute Gasteiger partial charge is 0.487 e. The average Bonchev–Trinajstić information content (AvgIpc) is 3.85. The van der Waals surface area contributed by atoms with Gasteiger partial charge in [0.2, 0.25) is 5.95 Å². The number of hydrogen-bond donors (Lipinski definition) is 1. The van der Waals surface area contributed by atoms with Crippen LogP contribution in [0.4, 0.5) is 11.6 Å². The number of methoxy groups -OCH3 is 1. The number of nitriles is 1. The first-order valence-electron chi connectivity index (χ1n) is 17.1. The van der Waals surface area contributed by atoms with Crippen molar-refractivity contribution >= 4 is 11.6 Å². The number of aromatic nitrogens is 8. The summed E-state index contributed by atoms with van der Waals surface area (Å²) in [4.78, 5) is 12.0. The first-order chi connectivity index (χ1) is 24.1. The second-order valence-electron chi connectivity index (χ2n) is 13.1. The van der Waals surface area contributed by atoms with Crippen LogP contribution in [0.25, 0.3) is 11.1 Å². The number of ether oxygens (including phenoxy) is 4. The van der Waals surface area contributed by atoms with Crippen LogP contribution in [0.1, 0.15) is 63.5 Å². The lowest BCUT2D eigenvalue weighted by molar-refractivity contribution is -0.0458. The van der Waals surface area contributed by atoms with Gasteiger partial charge in [0.25, 0.3) is 5.88 Å². The van der Waals surface area contributed by atoms with Crippen molar-refractivity contribution in [1.82, 2.24) is 44.9 Å². The number of nitrogens with one attached hydrogen (secondary N) is 1. The molecule has 7 rings (SSSR count). The molecule has 15 nitrogen and oxygen atoms in total. The first kappa shape index (κ1) is 32.9. The predicted molar refractivity (Wildman–Crippen MR) is 178 cm³/mol. The van der Waals surface area contributed by atoms with Crippen LogP contribution in [-0.2, 0) is 16.0 Å². The molecule has 3 aliphatic rings. The molecule has 0 amide bonds. The number of hydrogen-bond acceptors (Lipinski definition) is 13. The smallest absolute Gasteiger partial charge is 0.256 e. The first-order valence-corrected chi connectivity index (χ1v) is 17.1. The standard InChI is InChI=1S/C34H43N11O4/c1-23(18-43-22-38-41-42-43)49-32-14-24(4-5-25(32)15-35)26-16-36-34(37-17-26)39-31-19-44(40-33(31)48-13-3-12-46-2)27-6-8-28(9-7-27)45-29-10-11-30(45)21-47-20-29/h4-5,14,16-17,19,22-23,27-30H,3,6-13,18,20-21H2,1-2H3,(H,36,37,39)/t23-,27?,28?,29-,30+/m0/s1. The summed E-state index contributed by atoms with van der Waals surface area (Å²) in [5.41, 5.74) is 2.77. The molecule has 1 saturated carbocycles. The third kappa shape index (κ3) is 7.66. The van der Waals surface area contributed by atoms with Crippen LogP contribution in [0.15, 0.2) is 43.1 Å². The molecule has 3 fully saturated rings. The van der Waals surface area contributed by atoms with Crippen molar-refractivity contribution in [2.24, 2.45) is 0 Å². The second kappa shape index (κ2) is 15.3. The molecule has 2 saturated heterocycles. The highest BCUT2D eigenvalue weighted by Gasteiger charge is 2.42. The third-order valence-corrected chi connectivity index (χ3v) is 9.69. The number of tetrazole rings is 1. The summed E-state index contributed by atoms with van der Waals surface area (Å²) in [5.74, 6) is 1.43. The number of fused-ring (bicyclic) bond motifs is 2. The summed E-state index contributed by atoms with van der Waals surface area (Å²) >= 11 is 0. The molecular formula is C34H43N11O4. The lowest BCUT2D eigenvalue weighted by atomic mass is 9.89. The summed E-state index contributed by atoms with van der Waals surface area (Å²) in [6.45, 7) is 5.20. The molecule has 258 valence electrons. The molecule has 49 heavy (non-hydrogen) atoms. The summed E-state index contributed by atoms with van der Waals surface area (Å²) in [6.07, 6.45) is 14.5. The maximum atomic E-state index is 9.67. The zero-order chi connectivity index (χ0) is 33.6. The fourth-order valence-corrected chi connectivity index (χ4v) is 7.34. The molecule has 1 aliphatic carbocycles. The Kier molecular flexibility index (Phi) is 10.2. The molecule has 0 unspecified atom stereocenters. The summed E-state index contributed by atoms with van der Waals surface area (Å²) < 4.78 is 26.9. The van der Waals surface area contributed by atoms with Gasteiger partial charge in [-0.2, -0.15) is 5.26 Å². The quantitative estimate of drug-likeness (QED) is 0.191. The Morgan fingerprint density at radius 2 is 1.76 bits per heavy atom. The highest BCUT2D eigenvalue weighted by molar-refractivity contribution is 5.67. The van der Waals surface area contributed by atoms with Crippen molar-refractivity contribution in [2.45, 2.75) is 88.7 Å². The number of rotatable bonds is 14. The highest BCUT2D eigenvalue weighted by atomic mass is 16.5. The molecule has 0 radical (unpaired) electrons. The van der Waals surface area contributed by atoms with Crippen molar-refractivity contribution < 1.29 is 18.9 Å². The molecule has 2 aliphatic heterocycles. The Balaban J connectivity index is 1.02. The van der Waals surface area contributed by atoms with E-state index >= 15 is 0 Å². The Labute approximate surface area is 285 Å². The molecule has 3 aromatic heterocycles. The van der Waals surface area contributed by atoms with Gasteiger partial charge in [0.1, 0.15) is 29.9 Å². The number of anilines is 2. The van der Waals surface area contributed by atoms with E-state index in [2.05, 4.69) is 46.5 Å². The number of morpholine rings is 1. The van der Waals surface area contributed by atoms with Gasteiger partial charge in [-0.3, -0.25) is 9.58 Å². The minimum Gasteiger partial charge on any atom is -0.487 e. The Bertz CT molecular complexity index is 1680. The zero-order valence-electron chi connectivity index (χ0n) is 28.0. The van der Waals surface area contributed by atoms with Crippen LogP contribution in [0.3, 0.4) is 0 Å².